The molecular formula is C69H93N5O9. The van der Waals surface area contributed by atoms with Gasteiger partial charge in [0.25, 0.3) is 5.56 Å². The maximum absolute atomic E-state index is 14.0. The maximum atomic E-state index is 14.0. The third-order valence-corrected chi connectivity index (χ3v) is 15.1. The Morgan fingerprint density at radius 3 is 1.63 bits per heavy atom. The Morgan fingerprint density at radius 2 is 1.13 bits per heavy atom. The van der Waals surface area contributed by atoms with E-state index >= 15 is 0 Å². The Labute approximate surface area is 494 Å². The van der Waals surface area contributed by atoms with Crippen molar-refractivity contribution >= 4 is 29.6 Å². The fourth-order valence-electron chi connectivity index (χ4n) is 10.5. The first kappa shape index (κ1) is 68.2. The number of amides is 1. The molecule has 1 heterocycles. The molecule has 1 amide bonds. The number of carboxylic acids is 1. The van der Waals surface area contributed by atoms with Crippen LogP contribution in [0.1, 0.15) is 129 Å². The molecule has 0 fully saturated rings. The minimum atomic E-state index is -0.951. The average Bonchev–Trinajstić information content (AvgIpc) is 3.57. The van der Waals surface area contributed by atoms with Crippen molar-refractivity contribution in [3.8, 4) is 22.3 Å². The average molecular weight is 1140 g/mol. The molecule has 6 rings (SSSR count). The third-order valence-electron chi connectivity index (χ3n) is 15.1. The summed E-state index contributed by atoms with van der Waals surface area (Å²) in [4.78, 5) is 79.0. The van der Waals surface area contributed by atoms with Crippen molar-refractivity contribution in [2.45, 2.75) is 126 Å². The number of pyridine rings is 1. The van der Waals surface area contributed by atoms with Gasteiger partial charge in [-0.25, -0.2) is 4.79 Å². The van der Waals surface area contributed by atoms with Crippen molar-refractivity contribution in [1.82, 2.24) is 19.7 Å². The standard InChI is InChI=1S/C35H46N2O4.C18H21NO2.C16H26N2O3/c1-22(2)17-30(29-20-26(15-16-37(6)7)25(5)18-32(29)38)35(40)36-31(21-33(39)41-8)27-13-10-14-28(19-27)34-23(3)11-9-12-24(34)4;1-12-6-4-7-13(2)18(12)15-9-5-8-14(10-15)16(19)11-17(20)21-3;1-11(2)8-14(16(20)21)18-10-13(6-7-17(4)5)12(3)9-15(18)19/h9-14,18-20,22,29-31H,15-17,21H2,1-8H3,(H,36,40);4-10,16H,11,19H2,1-3H3;9-11,14H,6-8H2,1-5H3,(H,20,21)/t29?,30?,31-;16-;/m00./s1. The quantitative estimate of drug-likeness (QED) is 0.0526. The van der Waals surface area contributed by atoms with Gasteiger partial charge < -0.3 is 40.0 Å². The molecule has 0 aliphatic heterocycles. The molecule has 0 saturated carbocycles. The SMILES string of the molecule is COC(=O)C[C@H](N)c1cccc(-c2c(C)cccc2C)c1.COC(=O)C[C@H](NC(=O)C(CC(C)C)C1C=C(CCN(C)C)C(C)=CC1=O)c1cccc(-c2c(C)cccc2C)c1.Cc1cc(=O)n(C(CC(C)C)C(=O)O)cc1CCN(C)C. The summed E-state index contributed by atoms with van der Waals surface area (Å²) >= 11 is 0. The molecule has 5 atom stereocenters. The van der Waals surface area contributed by atoms with E-state index in [1.807, 2.05) is 104 Å². The first-order chi connectivity index (χ1) is 39.1. The highest BCUT2D eigenvalue weighted by molar-refractivity contribution is 5.99. The summed E-state index contributed by atoms with van der Waals surface area (Å²) in [6.07, 6.45) is 8.22. The lowest BCUT2D eigenvalue weighted by molar-refractivity contribution is -0.142. The van der Waals surface area contributed by atoms with E-state index in [4.69, 9.17) is 10.5 Å². The van der Waals surface area contributed by atoms with E-state index in [1.165, 1.54) is 35.5 Å². The van der Waals surface area contributed by atoms with Crippen LogP contribution in [-0.4, -0.2) is 105 Å². The summed E-state index contributed by atoms with van der Waals surface area (Å²) < 4.78 is 11.1. The van der Waals surface area contributed by atoms with Crippen LogP contribution >= 0.6 is 0 Å². The first-order valence-electron chi connectivity index (χ1n) is 28.9. The van der Waals surface area contributed by atoms with Crippen LogP contribution in [-0.2, 0) is 39.9 Å². The number of carbonyl (C=O) groups is 5. The van der Waals surface area contributed by atoms with Crippen LogP contribution in [0.25, 0.3) is 22.3 Å². The number of hydrogen-bond acceptors (Lipinski definition) is 11. The molecule has 0 radical (unpaired) electrons. The Morgan fingerprint density at radius 1 is 0.651 bits per heavy atom. The zero-order valence-corrected chi connectivity index (χ0v) is 52.2. The number of ether oxygens (including phenoxy) is 2. The monoisotopic (exact) mass is 1140 g/mol. The van der Waals surface area contributed by atoms with Gasteiger partial charge in [0.2, 0.25) is 5.91 Å². The topological polar surface area (TPSA) is 191 Å². The van der Waals surface area contributed by atoms with E-state index in [0.29, 0.717) is 12.8 Å². The Balaban J connectivity index is 0.000000295. The number of aliphatic carboxylic acids is 1. The lowest BCUT2D eigenvalue weighted by Crippen LogP contribution is -2.41. The second kappa shape index (κ2) is 32.5. The second-order valence-corrected chi connectivity index (χ2v) is 23.5. The van der Waals surface area contributed by atoms with Gasteiger partial charge in [-0.15, -0.1) is 0 Å². The summed E-state index contributed by atoms with van der Waals surface area (Å²) in [5.74, 6) is -2.60. The molecule has 83 heavy (non-hydrogen) atoms. The Bertz CT molecular complexity index is 3110. The van der Waals surface area contributed by atoms with Crippen LogP contribution < -0.4 is 16.6 Å². The zero-order chi connectivity index (χ0) is 61.8. The van der Waals surface area contributed by atoms with Gasteiger partial charge >= 0.3 is 17.9 Å². The first-order valence-corrected chi connectivity index (χ1v) is 28.9. The number of methoxy groups -OCH3 is 2. The van der Waals surface area contributed by atoms with Gasteiger partial charge in [-0.3, -0.25) is 24.0 Å². The number of aromatic nitrogens is 1. The molecule has 1 aliphatic carbocycles. The van der Waals surface area contributed by atoms with Gasteiger partial charge in [-0.2, -0.15) is 0 Å². The van der Waals surface area contributed by atoms with Gasteiger partial charge in [-0.1, -0.05) is 107 Å². The molecule has 14 nitrogen and oxygen atoms in total. The predicted octanol–water partition coefficient (Wildman–Crippen LogP) is 11.8. The molecule has 0 spiro atoms. The van der Waals surface area contributed by atoms with E-state index in [9.17, 15) is 33.9 Å². The number of nitrogens with two attached hydrogens (primary N) is 1. The Kier molecular flexibility index (Phi) is 26.8. The predicted molar refractivity (Wildman–Crippen MR) is 334 cm³/mol. The number of carboxylic acid groups (broad SMARTS) is 1. The third kappa shape index (κ3) is 20.5. The van der Waals surface area contributed by atoms with Crippen LogP contribution in [0.2, 0.25) is 0 Å². The van der Waals surface area contributed by atoms with Crippen molar-refractivity contribution in [2.75, 3.05) is 55.5 Å². The second-order valence-electron chi connectivity index (χ2n) is 23.5. The highest BCUT2D eigenvalue weighted by Gasteiger charge is 2.36. The van der Waals surface area contributed by atoms with Gasteiger partial charge in [-0.05, 0) is 203 Å². The van der Waals surface area contributed by atoms with Crippen molar-refractivity contribution < 1.29 is 38.6 Å². The minimum absolute atomic E-state index is 0.00556. The molecule has 4 aromatic carbocycles. The van der Waals surface area contributed by atoms with Crippen molar-refractivity contribution in [3.05, 3.63) is 175 Å². The minimum Gasteiger partial charge on any atom is -0.480 e. The zero-order valence-electron chi connectivity index (χ0n) is 52.2. The van der Waals surface area contributed by atoms with Gasteiger partial charge in [0.15, 0.2) is 5.78 Å². The van der Waals surface area contributed by atoms with E-state index in [0.717, 1.165) is 87.1 Å². The number of hydrogen-bond donors (Lipinski definition) is 3. The fourth-order valence-corrected chi connectivity index (χ4v) is 10.5. The number of nitrogens with one attached hydrogen (secondary N) is 1. The Hall–Kier alpha value is -7.26. The molecule has 448 valence electrons. The van der Waals surface area contributed by atoms with Crippen LogP contribution in [0.4, 0.5) is 0 Å². The fraction of sp³-hybridized carbons (Fsp3) is 0.449. The molecule has 5 aromatic rings. The van der Waals surface area contributed by atoms with Crippen LogP contribution in [0, 0.1) is 58.3 Å². The summed E-state index contributed by atoms with van der Waals surface area (Å²) in [7, 11) is 10.8. The highest BCUT2D eigenvalue weighted by Crippen LogP contribution is 2.35. The van der Waals surface area contributed by atoms with E-state index in [2.05, 4.69) is 104 Å². The normalized spacial score (nSPS) is 14.6. The van der Waals surface area contributed by atoms with Gasteiger partial charge in [0.05, 0.1) is 44.9 Å². The van der Waals surface area contributed by atoms with Crippen molar-refractivity contribution in [1.29, 1.82) is 0 Å². The summed E-state index contributed by atoms with van der Waals surface area (Å²) in [5.41, 5.74) is 20.9. The van der Waals surface area contributed by atoms with Crippen molar-refractivity contribution in [2.24, 2.45) is 29.4 Å². The molecular weight excluding hydrogens is 1040 g/mol. The number of aryl methyl sites for hydroxylation is 5. The summed E-state index contributed by atoms with van der Waals surface area (Å²) in [6.45, 7) is 22.0. The smallest absolute Gasteiger partial charge is 0.326 e. The number of esters is 2. The largest absolute Gasteiger partial charge is 0.480 e. The number of likely N-dealkylation sites (N-methyl/N-ethyl adjacent to an activating group) is 1. The molecule has 1 aliphatic rings. The number of rotatable bonds is 23. The van der Waals surface area contributed by atoms with Crippen LogP contribution in [0.3, 0.4) is 0 Å². The number of benzene rings is 4. The molecule has 4 N–H and O–H groups in total. The number of ketones is 1. The molecule has 14 heteroatoms. The molecule has 1 aromatic heterocycles. The van der Waals surface area contributed by atoms with E-state index in [1.54, 1.807) is 18.3 Å². The van der Waals surface area contributed by atoms with Gasteiger partial charge in [0.1, 0.15) is 6.04 Å². The highest BCUT2D eigenvalue weighted by atomic mass is 16.5. The lowest BCUT2D eigenvalue weighted by atomic mass is 9.77. The molecule has 0 saturated heterocycles. The van der Waals surface area contributed by atoms with E-state index < -0.39 is 35.9 Å². The lowest BCUT2D eigenvalue weighted by Gasteiger charge is -2.30. The van der Waals surface area contributed by atoms with Gasteiger partial charge in [0, 0.05) is 31.4 Å². The van der Waals surface area contributed by atoms with Crippen LogP contribution in [0.5, 0.6) is 0 Å². The van der Waals surface area contributed by atoms with Crippen molar-refractivity contribution in [3.63, 3.8) is 0 Å². The number of nitrogens with zero attached hydrogens (tertiary/aromatic N) is 3. The molecule has 0 bridgehead atoms. The number of carbonyl (C=O) groups excluding carboxylic acids is 4. The van der Waals surface area contributed by atoms with E-state index in [-0.39, 0.29) is 53.9 Å². The summed E-state index contributed by atoms with van der Waals surface area (Å²) in [5, 5.41) is 12.6. The van der Waals surface area contributed by atoms with Crippen LogP contribution in [0.15, 0.2) is 125 Å². The number of allylic oxidation sites excluding steroid dienone is 3. The maximum Gasteiger partial charge on any atom is 0.326 e. The molecule has 3 unspecified atom stereocenters. The summed E-state index contributed by atoms with van der Waals surface area (Å²) in [6, 6.07) is 28.3.